The van der Waals surface area contributed by atoms with Crippen molar-refractivity contribution in [3.05, 3.63) is 29.6 Å². The van der Waals surface area contributed by atoms with E-state index in [1.54, 1.807) is 6.07 Å². The third-order valence-corrected chi connectivity index (χ3v) is 2.10. The Labute approximate surface area is 91.7 Å². The van der Waals surface area contributed by atoms with Crippen LogP contribution in [0.25, 0.3) is 0 Å². The van der Waals surface area contributed by atoms with E-state index in [1.807, 2.05) is 0 Å². The van der Waals surface area contributed by atoms with E-state index in [-0.39, 0.29) is 12.1 Å². The van der Waals surface area contributed by atoms with Crippen LogP contribution >= 0.6 is 0 Å². The average Bonchev–Trinajstić information content (AvgIpc) is 2.17. The molecule has 0 fully saturated rings. The van der Waals surface area contributed by atoms with E-state index in [1.165, 1.54) is 19.2 Å². The van der Waals surface area contributed by atoms with Crippen molar-refractivity contribution in [2.24, 2.45) is 5.73 Å². The molecule has 0 saturated carbocycles. The van der Waals surface area contributed by atoms with E-state index in [2.05, 4.69) is 4.98 Å². The van der Waals surface area contributed by atoms with E-state index in [4.69, 9.17) is 15.9 Å². The summed E-state index contributed by atoms with van der Waals surface area (Å²) in [5, 5.41) is 17.5. The molecule has 16 heavy (non-hydrogen) atoms. The summed E-state index contributed by atoms with van der Waals surface area (Å²) in [7, 11) is 0. The minimum Gasteiger partial charge on any atom is -0.480 e. The van der Waals surface area contributed by atoms with E-state index >= 15 is 0 Å². The van der Waals surface area contributed by atoms with Gasteiger partial charge in [0.05, 0.1) is 0 Å². The van der Waals surface area contributed by atoms with Gasteiger partial charge in [0.1, 0.15) is 11.2 Å². The summed E-state index contributed by atoms with van der Waals surface area (Å²) in [4.78, 5) is 25.1. The summed E-state index contributed by atoms with van der Waals surface area (Å²) in [5.41, 5.74) is 4.53. The van der Waals surface area contributed by atoms with Crippen molar-refractivity contribution >= 4 is 11.9 Å². The molecule has 0 unspecified atom stereocenters. The van der Waals surface area contributed by atoms with Gasteiger partial charge in [0, 0.05) is 12.6 Å². The smallest absolute Gasteiger partial charge is 0.354 e. The van der Waals surface area contributed by atoms with Crippen LogP contribution in [0.15, 0.2) is 18.3 Å². The molecule has 0 aliphatic carbocycles. The molecular weight excluding hydrogens is 212 g/mol. The summed E-state index contributed by atoms with van der Waals surface area (Å²) < 4.78 is 0. The monoisotopic (exact) mass is 224 g/mol. The molecule has 0 aliphatic heterocycles. The Kier molecular flexibility index (Phi) is 3.24. The van der Waals surface area contributed by atoms with E-state index < -0.39 is 17.5 Å². The molecule has 1 rings (SSSR count). The molecule has 1 aromatic rings. The van der Waals surface area contributed by atoms with Crippen LogP contribution in [-0.4, -0.2) is 32.7 Å². The summed E-state index contributed by atoms with van der Waals surface area (Å²) >= 11 is 0. The lowest BCUT2D eigenvalue weighted by atomic mass is 9.94. The van der Waals surface area contributed by atoms with Crippen LogP contribution in [0.3, 0.4) is 0 Å². The van der Waals surface area contributed by atoms with Crippen LogP contribution in [0.5, 0.6) is 0 Å². The third-order valence-electron chi connectivity index (χ3n) is 2.10. The molecule has 6 nitrogen and oxygen atoms in total. The van der Waals surface area contributed by atoms with Crippen LogP contribution in [0.4, 0.5) is 0 Å². The summed E-state index contributed by atoms with van der Waals surface area (Å²) in [6.07, 6.45) is 1.36. The van der Waals surface area contributed by atoms with Gasteiger partial charge in [0.15, 0.2) is 0 Å². The normalized spacial score (nSPS) is 14.1. The highest BCUT2D eigenvalue weighted by molar-refractivity contribution is 5.85. The fourth-order valence-corrected chi connectivity index (χ4v) is 1.20. The van der Waals surface area contributed by atoms with Gasteiger partial charge in [-0.3, -0.25) is 4.79 Å². The fraction of sp³-hybridized carbons (Fsp3) is 0.300. The molecule has 0 saturated heterocycles. The van der Waals surface area contributed by atoms with E-state index in [0.717, 1.165) is 0 Å². The highest BCUT2D eigenvalue weighted by Crippen LogP contribution is 2.11. The van der Waals surface area contributed by atoms with Crippen molar-refractivity contribution in [2.75, 3.05) is 0 Å². The predicted molar refractivity (Wildman–Crippen MR) is 55.1 cm³/mol. The van der Waals surface area contributed by atoms with Gasteiger partial charge >= 0.3 is 11.9 Å². The zero-order valence-corrected chi connectivity index (χ0v) is 8.67. The first-order valence-electron chi connectivity index (χ1n) is 4.53. The minimum atomic E-state index is -1.42. The maximum Gasteiger partial charge on any atom is 0.354 e. The van der Waals surface area contributed by atoms with Gasteiger partial charge in [-0.05, 0) is 24.6 Å². The zero-order chi connectivity index (χ0) is 12.3. The first kappa shape index (κ1) is 12.1. The van der Waals surface area contributed by atoms with Crippen LogP contribution in [0, 0.1) is 0 Å². The van der Waals surface area contributed by atoms with Gasteiger partial charge < -0.3 is 15.9 Å². The number of rotatable bonds is 4. The van der Waals surface area contributed by atoms with Gasteiger partial charge in [0.25, 0.3) is 0 Å². The molecule has 0 amide bonds. The summed E-state index contributed by atoms with van der Waals surface area (Å²) in [6, 6.07) is 2.86. The zero-order valence-electron chi connectivity index (χ0n) is 8.67. The number of aromatic nitrogens is 1. The maximum absolute atomic E-state index is 10.8. The quantitative estimate of drug-likeness (QED) is 0.669. The van der Waals surface area contributed by atoms with Crippen molar-refractivity contribution in [1.29, 1.82) is 0 Å². The number of nitrogens with two attached hydrogens (primary N) is 1. The largest absolute Gasteiger partial charge is 0.480 e. The van der Waals surface area contributed by atoms with Gasteiger partial charge in [-0.15, -0.1) is 0 Å². The number of carboxylic acids is 2. The molecule has 86 valence electrons. The highest BCUT2D eigenvalue weighted by atomic mass is 16.4. The molecule has 1 aromatic heterocycles. The first-order chi connectivity index (χ1) is 7.33. The number of carboxylic acid groups (broad SMARTS) is 2. The molecule has 0 bridgehead atoms. The van der Waals surface area contributed by atoms with Crippen LogP contribution < -0.4 is 5.73 Å². The summed E-state index contributed by atoms with van der Waals surface area (Å²) in [5.74, 6) is -2.29. The summed E-state index contributed by atoms with van der Waals surface area (Å²) in [6.45, 7) is 1.37. The Morgan fingerprint density at radius 1 is 1.50 bits per heavy atom. The fourth-order valence-electron chi connectivity index (χ4n) is 1.20. The first-order valence-corrected chi connectivity index (χ1v) is 4.53. The highest BCUT2D eigenvalue weighted by Gasteiger charge is 2.28. The molecule has 1 heterocycles. The lowest BCUT2D eigenvalue weighted by Gasteiger charge is -2.18. The number of hydrogen-bond acceptors (Lipinski definition) is 4. The van der Waals surface area contributed by atoms with Gasteiger partial charge in [-0.2, -0.15) is 0 Å². The van der Waals surface area contributed by atoms with Crippen LogP contribution in [0.2, 0.25) is 0 Å². The minimum absolute atomic E-state index is 0.0468. The van der Waals surface area contributed by atoms with Crippen LogP contribution in [0.1, 0.15) is 23.0 Å². The topological polar surface area (TPSA) is 114 Å². The van der Waals surface area contributed by atoms with Crippen molar-refractivity contribution in [3.8, 4) is 0 Å². The van der Waals surface area contributed by atoms with E-state index in [0.29, 0.717) is 5.56 Å². The molecule has 0 aliphatic rings. The Hall–Kier alpha value is -1.95. The van der Waals surface area contributed by atoms with Crippen molar-refractivity contribution in [2.45, 2.75) is 18.9 Å². The number of nitrogens with zero attached hydrogens (tertiary/aromatic N) is 1. The lowest BCUT2D eigenvalue weighted by Crippen LogP contribution is -2.46. The lowest BCUT2D eigenvalue weighted by molar-refractivity contribution is -0.142. The Morgan fingerprint density at radius 3 is 2.62 bits per heavy atom. The number of carbonyl (C=O) groups is 2. The number of aromatic carboxylic acids is 1. The molecule has 0 spiro atoms. The SMILES string of the molecule is C[C@@](N)(Cc1ccnc(C(=O)O)c1)C(=O)O. The van der Waals surface area contributed by atoms with Crippen molar-refractivity contribution in [1.82, 2.24) is 4.98 Å². The maximum atomic E-state index is 10.8. The molecule has 1 atom stereocenters. The van der Waals surface area contributed by atoms with Crippen molar-refractivity contribution in [3.63, 3.8) is 0 Å². The van der Waals surface area contributed by atoms with Gasteiger partial charge in [0.2, 0.25) is 0 Å². The average molecular weight is 224 g/mol. The number of hydrogen-bond donors (Lipinski definition) is 3. The standard InChI is InChI=1S/C10H12N2O4/c1-10(11,9(15)16)5-6-2-3-12-7(4-6)8(13)14/h2-4H,5,11H2,1H3,(H,13,14)(H,15,16)/t10-/m1/s1. The molecule has 0 radical (unpaired) electrons. The predicted octanol–water partition coefficient (Wildman–Crippen LogP) is 0.124. The molecule has 4 N–H and O–H groups in total. The molecule has 6 heteroatoms. The Bertz CT molecular complexity index is 429. The molecular formula is C10H12N2O4. The van der Waals surface area contributed by atoms with Gasteiger partial charge in [-0.1, -0.05) is 0 Å². The Morgan fingerprint density at radius 2 is 2.12 bits per heavy atom. The van der Waals surface area contributed by atoms with E-state index in [9.17, 15) is 9.59 Å². The second-order valence-electron chi connectivity index (χ2n) is 3.75. The van der Waals surface area contributed by atoms with Crippen molar-refractivity contribution < 1.29 is 19.8 Å². The number of aliphatic carboxylic acids is 1. The second kappa shape index (κ2) is 4.28. The molecule has 0 aromatic carbocycles. The Balaban J connectivity index is 2.94. The third kappa shape index (κ3) is 2.77. The number of pyridine rings is 1. The van der Waals surface area contributed by atoms with Gasteiger partial charge in [-0.25, -0.2) is 9.78 Å². The second-order valence-corrected chi connectivity index (χ2v) is 3.75. The van der Waals surface area contributed by atoms with Crippen LogP contribution in [-0.2, 0) is 11.2 Å².